The summed E-state index contributed by atoms with van der Waals surface area (Å²) in [4.78, 5) is 11.8. The summed E-state index contributed by atoms with van der Waals surface area (Å²) < 4.78 is 55.4. The monoisotopic (exact) mass is 353 g/mol. The molecule has 0 spiro atoms. The molecule has 0 amide bonds. The van der Waals surface area contributed by atoms with Gasteiger partial charge in [-0.2, -0.15) is 0 Å². The lowest BCUT2D eigenvalue weighted by Gasteiger charge is -2.06. The highest BCUT2D eigenvalue weighted by Crippen LogP contribution is 2.49. The first kappa shape index (κ1) is 15.4. The molecule has 1 heterocycles. The van der Waals surface area contributed by atoms with E-state index in [-0.39, 0.29) is 23.4 Å². The van der Waals surface area contributed by atoms with Gasteiger partial charge in [0.2, 0.25) is 0 Å². The smallest absolute Gasteiger partial charge is 0.298 e. The van der Waals surface area contributed by atoms with Gasteiger partial charge in [-0.1, -0.05) is 29.5 Å². The number of fused-ring (bicyclic) bond motifs is 1. The Labute approximate surface area is 138 Å². The third kappa shape index (κ3) is 2.43. The second-order valence-corrected chi connectivity index (χ2v) is 6.92. The molecule has 4 rings (SSSR count). The van der Waals surface area contributed by atoms with Crippen LogP contribution in [0.25, 0.3) is 21.3 Å². The van der Waals surface area contributed by atoms with Crippen molar-refractivity contribution in [3.63, 3.8) is 0 Å². The number of rotatable bonds is 3. The summed E-state index contributed by atoms with van der Waals surface area (Å²) in [6.07, 6.45) is -0.205. The summed E-state index contributed by atoms with van der Waals surface area (Å²) in [6, 6.07) is 8.62. The summed E-state index contributed by atoms with van der Waals surface area (Å²) in [7, 11) is 0. The Morgan fingerprint density at radius 2 is 1.96 bits per heavy atom. The van der Waals surface area contributed by atoms with Crippen molar-refractivity contribution in [2.45, 2.75) is 18.9 Å². The summed E-state index contributed by atoms with van der Waals surface area (Å²) >= 11 is 0.914. The standard InChI is InChI=1S/C17H11F4NOS/c18-12-3-1-2-11(15(12)19)9-4-5-13-14(6-9)24-16(23)22(13)8-10-7-17(10,20)21/h1-6,10H,7-8H2. The first-order valence-electron chi connectivity index (χ1n) is 7.32. The highest BCUT2D eigenvalue weighted by molar-refractivity contribution is 7.16. The molecule has 0 bridgehead atoms. The van der Waals surface area contributed by atoms with Crippen LogP contribution in [-0.4, -0.2) is 10.5 Å². The summed E-state index contributed by atoms with van der Waals surface area (Å²) in [5.41, 5.74) is 1.07. The van der Waals surface area contributed by atoms with Crippen LogP contribution in [0.5, 0.6) is 0 Å². The molecule has 1 unspecified atom stereocenters. The number of alkyl halides is 2. The van der Waals surface area contributed by atoms with Crippen molar-refractivity contribution in [1.82, 2.24) is 4.57 Å². The molecule has 0 aliphatic heterocycles. The molecule has 124 valence electrons. The highest BCUT2D eigenvalue weighted by atomic mass is 32.1. The van der Waals surface area contributed by atoms with Crippen LogP contribution in [0.3, 0.4) is 0 Å². The first-order valence-corrected chi connectivity index (χ1v) is 8.14. The van der Waals surface area contributed by atoms with Gasteiger partial charge in [-0.05, 0) is 23.8 Å². The van der Waals surface area contributed by atoms with Crippen LogP contribution in [0.4, 0.5) is 17.6 Å². The van der Waals surface area contributed by atoms with Crippen LogP contribution in [0.15, 0.2) is 41.2 Å². The van der Waals surface area contributed by atoms with Crippen molar-refractivity contribution in [2.24, 2.45) is 5.92 Å². The third-order valence-electron chi connectivity index (χ3n) is 4.29. The minimum absolute atomic E-state index is 0.0283. The first-order chi connectivity index (χ1) is 11.4. The minimum atomic E-state index is -2.70. The molecule has 0 radical (unpaired) electrons. The molecule has 1 atom stereocenters. The Hall–Kier alpha value is -2.15. The lowest BCUT2D eigenvalue weighted by molar-refractivity contribution is 0.0953. The number of aromatic nitrogens is 1. The van der Waals surface area contributed by atoms with Crippen LogP contribution < -0.4 is 4.87 Å². The molecular weight excluding hydrogens is 342 g/mol. The van der Waals surface area contributed by atoms with Crippen molar-refractivity contribution in [1.29, 1.82) is 0 Å². The van der Waals surface area contributed by atoms with Gasteiger partial charge in [-0.25, -0.2) is 17.6 Å². The molecule has 7 heteroatoms. The molecule has 1 aliphatic carbocycles. The molecule has 1 saturated carbocycles. The predicted molar refractivity (Wildman–Crippen MR) is 84.5 cm³/mol. The van der Waals surface area contributed by atoms with Crippen molar-refractivity contribution in [3.05, 3.63) is 57.7 Å². The molecule has 1 aliphatic rings. The SMILES string of the molecule is O=c1sc2cc(-c3cccc(F)c3F)ccc2n1CC1CC1(F)F. The van der Waals surface area contributed by atoms with Crippen LogP contribution in [0.2, 0.25) is 0 Å². The van der Waals surface area contributed by atoms with E-state index < -0.39 is 23.5 Å². The zero-order valence-electron chi connectivity index (χ0n) is 12.2. The summed E-state index contributed by atoms with van der Waals surface area (Å²) in [5, 5.41) is 0. The molecule has 2 nitrogen and oxygen atoms in total. The number of nitrogens with zero attached hydrogens (tertiary/aromatic N) is 1. The van der Waals surface area contributed by atoms with Crippen molar-refractivity contribution in [3.8, 4) is 11.1 Å². The maximum absolute atomic E-state index is 13.9. The van der Waals surface area contributed by atoms with E-state index in [0.717, 1.165) is 17.4 Å². The average Bonchev–Trinajstić information content (AvgIpc) is 3.01. The molecule has 0 N–H and O–H groups in total. The third-order valence-corrected chi connectivity index (χ3v) is 5.23. The van der Waals surface area contributed by atoms with Crippen LogP contribution in [-0.2, 0) is 6.54 Å². The van der Waals surface area contributed by atoms with Gasteiger partial charge in [0, 0.05) is 24.4 Å². The van der Waals surface area contributed by atoms with Crippen molar-refractivity contribution in [2.75, 3.05) is 0 Å². The lowest BCUT2D eigenvalue weighted by Crippen LogP contribution is -2.15. The van der Waals surface area contributed by atoms with E-state index in [1.165, 1.54) is 16.7 Å². The Kier molecular flexibility index (Phi) is 3.32. The molecule has 3 aromatic rings. The lowest BCUT2D eigenvalue weighted by atomic mass is 10.0. The highest BCUT2D eigenvalue weighted by Gasteiger charge is 2.56. The van der Waals surface area contributed by atoms with Crippen LogP contribution in [0, 0.1) is 17.6 Å². The van der Waals surface area contributed by atoms with E-state index in [1.54, 1.807) is 18.2 Å². The average molecular weight is 353 g/mol. The second-order valence-electron chi connectivity index (χ2n) is 5.92. The van der Waals surface area contributed by atoms with E-state index in [1.807, 2.05) is 0 Å². The van der Waals surface area contributed by atoms with Crippen LogP contribution in [0.1, 0.15) is 6.42 Å². The molecule has 1 fully saturated rings. The maximum atomic E-state index is 13.9. The number of halogens is 4. The van der Waals surface area contributed by atoms with Gasteiger partial charge in [0.05, 0.1) is 10.2 Å². The summed E-state index contributed by atoms with van der Waals surface area (Å²) in [5.74, 6) is -5.41. The fourth-order valence-electron chi connectivity index (χ4n) is 2.82. The normalized spacial score (nSPS) is 18.9. The topological polar surface area (TPSA) is 22.0 Å². The zero-order valence-corrected chi connectivity index (χ0v) is 13.0. The molecule has 0 saturated heterocycles. The van der Waals surface area contributed by atoms with Crippen molar-refractivity contribution >= 4 is 21.6 Å². The van der Waals surface area contributed by atoms with Gasteiger partial charge in [0.15, 0.2) is 11.6 Å². The summed E-state index contributed by atoms with van der Waals surface area (Å²) in [6.45, 7) is -0.0283. The van der Waals surface area contributed by atoms with Gasteiger partial charge in [0.1, 0.15) is 0 Å². The van der Waals surface area contributed by atoms with E-state index in [2.05, 4.69) is 0 Å². The fraction of sp³-hybridized carbons (Fsp3) is 0.235. The van der Waals surface area contributed by atoms with Gasteiger partial charge >= 0.3 is 4.87 Å². The van der Waals surface area contributed by atoms with E-state index >= 15 is 0 Å². The van der Waals surface area contributed by atoms with E-state index in [9.17, 15) is 22.4 Å². The number of hydrogen-bond acceptors (Lipinski definition) is 2. The van der Waals surface area contributed by atoms with Crippen molar-refractivity contribution < 1.29 is 17.6 Å². The molecular formula is C17H11F4NOS. The number of benzene rings is 2. The second kappa shape index (κ2) is 5.17. The molecule has 2 aromatic carbocycles. The predicted octanol–water partition coefficient (Wildman–Crippen LogP) is 4.66. The Morgan fingerprint density at radius 3 is 2.67 bits per heavy atom. The van der Waals surface area contributed by atoms with Gasteiger partial charge in [-0.3, -0.25) is 9.36 Å². The van der Waals surface area contributed by atoms with Gasteiger partial charge in [-0.15, -0.1) is 0 Å². The zero-order chi connectivity index (χ0) is 17.1. The van der Waals surface area contributed by atoms with Crippen LogP contribution >= 0.6 is 11.3 Å². The molecule has 24 heavy (non-hydrogen) atoms. The Bertz CT molecular complexity index is 1010. The minimum Gasteiger partial charge on any atom is -0.298 e. The maximum Gasteiger partial charge on any atom is 0.308 e. The number of thiazole rings is 1. The largest absolute Gasteiger partial charge is 0.308 e. The van der Waals surface area contributed by atoms with E-state index in [0.29, 0.717) is 15.8 Å². The quantitative estimate of drug-likeness (QED) is 0.628. The Morgan fingerprint density at radius 1 is 1.21 bits per heavy atom. The van der Waals surface area contributed by atoms with Gasteiger partial charge in [0.25, 0.3) is 5.92 Å². The Balaban J connectivity index is 1.77. The fourth-order valence-corrected chi connectivity index (χ4v) is 3.76. The number of hydrogen-bond donors (Lipinski definition) is 0. The van der Waals surface area contributed by atoms with E-state index in [4.69, 9.17) is 0 Å². The molecule has 1 aromatic heterocycles. The van der Waals surface area contributed by atoms with Gasteiger partial charge < -0.3 is 0 Å².